The first-order chi connectivity index (χ1) is 16.6. The number of carboxylic acid groups (broad SMARTS) is 2. The Morgan fingerprint density at radius 3 is 2.17 bits per heavy atom. The van der Waals surface area contributed by atoms with Crippen molar-refractivity contribution in [3.63, 3.8) is 0 Å². The number of benzene rings is 1. The van der Waals surface area contributed by atoms with Crippen LogP contribution in [0.3, 0.4) is 0 Å². The lowest BCUT2D eigenvalue weighted by Crippen LogP contribution is -2.59. The summed E-state index contributed by atoms with van der Waals surface area (Å²) in [6.45, 7) is 4.36. The average molecular weight is 530 g/mol. The number of likely N-dealkylation sites (tertiary alicyclic amines) is 1. The number of ether oxygens (including phenoxy) is 1. The Labute approximate surface area is 213 Å². The van der Waals surface area contributed by atoms with Crippen molar-refractivity contribution < 1.29 is 34.1 Å². The molecule has 0 radical (unpaired) electrons. The zero-order valence-corrected chi connectivity index (χ0v) is 20.9. The molecule has 0 bridgehead atoms. The van der Waals surface area contributed by atoms with Gasteiger partial charge in [0.05, 0.1) is 29.6 Å². The molecule has 12 heteroatoms. The minimum atomic E-state index is -1.26. The summed E-state index contributed by atoms with van der Waals surface area (Å²) in [6, 6.07) is 5.24. The first-order valence-electron chi connectivity index (χ1n) is 11.0. The van der Waals surface area contributed by atoms with Gasteiger partial charge in [-0.1, -0.05) is 29.3 Å². The number of amides is 2. The summed E-state index contributed by atoms with van der Waals surface area (Å²) in [5.74, 6) is -2.47. The summed E-state index contributed by atoms with van der Waals surface area (Å²) in [7, 11) is 1.39. The van der Waals surface area contributed by atoms with E-state index >= 15 is 0 Å². The Hall–Kier alpha value is -2.82. The molecule has 2 aliphatic heterocycles. The monoisotopic (exact) mass is 529 g/mol. The van der Waals surface area contributed by atoms with Gasteiger partial charge in [0.25, 0.3) is 0 Å². The lowest BCUT2D eigenvalue weighted by atomic mass is 10.1. The summed E-state index contributed by atoms with van der Waals surface area (Å²) in [5.41, 5.74) is 0.838. The molecule has 0 saturated carbocycles. The third-order valence-electron chi connectivity index (χ3n) is 5.61. The van der Waals surface area contributed by atoms with E-state index in [0.717, 1.165) is 25.2 Å². The van der Waals surface area contributed by atoms with E-state index in [1.807, 2.05) is 11.0 Å². The largest absolute Gasteiger partial charge is 0.478 e. The number of nitrogens with zero attached hydrogens (tertiary/aromatic N) is 3. The number of methoxy groups -OCH3 is 1. The van der Waals surface area contributed by atoms with Crippen LogP contribution in [0.4, 0.5) is 4.79 Å². The summed E-state index contributed by atoms with van der Waals surface area (Å²) in [6.07, 6.45) is 3.42. The maximum atomic E-state index is 13.0. The molecule has 2 N–H and O–H groups in total. The van der Waals surface area contributed by atoms with Crippen molar-refractivity contribution in [2.75, 3.05) is 46.4 Å². The van der Waals surface area contributed by atoms with Crippen molar-refractivity contribution in [3.8, 4) is 0 Å². The topological polar surface area (TPSA) is 128 Å². The number of rotatable bonds is 6. The summed E-state index contributed by atoms with van der Waals surface area (Å²) < 4.78 is 4.87. The van der Waals surface area contributed by atoms with Gasteiger partial charge in [-0.15, -0.1) is 0 Å². The highest BCUT2D eigenvalue weighted by Crippen LogP contribution is 2.24. The third kappa shape index (κ3) is 9.39. The number of hydrogen-bond acceptors (Lipinski definition) is 6. The molecule has 2 saturated heterocycles. The zero-order valence-electron chi connectivity index (χ0n) is 19.4. The van der Waals surface area contributed by atoms with Crippen LogP contribution < -0.4 is 0 Å². The first-order valence-corrected chi connectivity index (χ1v) is 11.8. The molecule has 2 aliphatic rings. The Bertz CT molecular complexity index is 935. The van der Waals surface area contributed by atoms with Crippen LogP contribution in [0.5, 0.6) is 0 Å². The van der Waals surface area contributed by atoms with Crippen LogP contribution in [0, 0.1) is 0 Å². The standard InChI is InChI=1S/C19H25Cl2N3O3.C4H4O4/c1-27-19(26)23-8-9-24(15(13-23)12-22-6-2-3-7-22)18(25)11-14-4-5-16(20)17(21)10-14;5-3(6)1-2-4(7)8/h4-5,10,15H,2-3,6-9,11-13H2,1H3;1-2H,(H,5,6)(H,7,8)/t15-;/m0./s1. The van der Waals surface area contributed by atoms with E-state index in [1.54, 1.807) is 17.0 Å². The van der Waals surface area contributed by atoms with Gasteiger partial charge >= 0.3 is 18.0 Å². The molecule has 1 aromatic carbocycles. The molecule has 3 rings (SSSR count). The van der Waals surface area contributed by atoms with Gasteiger partial charge in [0.1, 0.15) is 0 Å². The Morgan fingerprint density at radius 2 is 1.63 bits per heavy atom. The second-order valence-corrected chi connectivity index (χ2v) is 8.91. The zero-order chi connectivity index (χ0) is 26.0. The van der Waals surface area contributed by atoms with Crippen LogP contribution >= 0.6 is 23.2 Å². The van der Waals surface area contributed by atoms with E-state index in [1.165, 1.54) is 20.0 Å². The molecule has 2 fully saturated rings. The van der Waals surface area contributed by atoms with E-state index < -0.39 is 11.9 Å². The number of carbonyl (C=O) groups excluding carboxylic acids is 2. The van der Waals surface area contributed by atoms with Gasteiger partial charge in [0.2, 0.25) is 5.91 Å². The van der Waals surface area contributed by atoms with Gasteiger partial charge < -0.3 is 29.6 Å². The lowest BCUT2D eigenvalue weighted by Gasteiger charge is -2.42. The quantitative estimate of drug-likeness (QED) is 0.538. The molecule has 35 heavy (non-hydrogen) atoms. The fourth-order valence-corrected chi connectivity index (χ4v) is 4.29. The maximum absolute atomic E-state index is 13.0. The van der Waals surface area contributed by atoms with Gasteiger partial charge in [0, 0.05) is 38.3 Å². The number of aliphatic carboxylic acids is 2. The van der Waals surface area contributed by atoms with Crippen molar-refractivity contribution in [1.29, 1.82) is 0 Å². The van der Waals surface area contributed by atoms with Crippen LogP contribution in [-0.2, 0) is 25.5 Å². The first kappa shape index (κ1) is 28.4. The fraction of sp³-hybridized carbons (Fsp3) is 0.478. The van der Waals surface area contributed by atoms with Crippen molar-refractivity contribution in [3.05, 3.63) is 46.0 Å². The van der Waals surface area contributed by atoms with Crippen LogP contribution in [0.15, 0.2) is 30.4 Å². The van der Waals surface area contributed by atoms with Crippen molar-refractivity contribution in [2.24, 2.45) is 0 Å². The molecular formula is C23H29Cl2N3O7. The van der Waals surface area contributed by atoms with Crippen LogP contribution in [0.25, 0.3) is 0 Å². The second-order valence-electron chi connectivity index (χ2n) is 8.10. The molecule has 1 atom stereocenters. The lowest BCUT2D eigenvalue weighted by molar-refractivity contribution is -0.135. The normalized spacial score (nSPS) is 18.2. The van der Waals surface area contributed by atoms with Crippen molar-refractivity contribution >= 4 is 47.1 Å². The third-order valence-corrected chi connectivity index (χ3v) is 6.35. The van der Waals surface area contributed by atoms with E-state index in [9.17, 15) is 19.2 Å². The second kappa shape index (κ2) is 13.9. The molecule has 2 heterocycles. The highest BCUT2D eigenvalue weighted by molar-refractivity contribution is 6.42. The molecule has 0 unspecified atom stereocenters. The number of hydrogen-bond donors (Lipinski definition) is 2. The predicted molar refractivity (Wildman–Crippen MR) is 130 cm³/mol. The molecule has 1 aromatic rings. The van der Waals surface area contributed by atoms with Gasteiger partial charge in [-0.05, 0) is 43.6 Å². The van der Waals surface area contributed by atoms with Crippen LogP contribution in [0.1, 0.15) is 18.4 Å². The molecule has 0 spiro atoms. The van der Waals surface area contributed by atoms with E-state index in [0.29, 0.717) is 41.8 Å². The minimum Gasteiger partial charge on any atom is -0.478 e. The molecule has 10 nitrogen and oxygen atoms in total. The highest BCUT2D eigenvalue weighted by atomic mass is 35.5. The van der Waals surface area contributed by atoms with E-state index in [-0.39, 0.29) is 24.5 Å². The average Bonchev–Trinajstić information content (AvgIpc) is 3.33. The van der Waals surface area contributed by atoms with Crippen LogP contribution in [-0.4, -0.2) is 101 Å². The summed E-state index contributed by atoms with van der Waals surface area (Å²) >= 11 is 12.0. The molecule has 0 aromatic heterocycles. The van der Waals surface area contributed by atoms with E-state index in [2.05, 4.69) is 4.90 Å². The highest BCUT2D eigenvalue weighted by Gasteiger charge is 2.34. The van der Waals surface area contributed by atoms with Gasteiger partial charge in [0.15, 0.2) is 0 Å². The van der Waals surface area contributed by atoms with Crippen molar-refractivity contribution in [2.45, 2.75) is 25.3 Å². The Morgan fingerprint density at radius 1 is 1.00 bits per heavy atom. The predicted octanol–water partition coefficient (Wildman–Crippen LogP) is 2.62. The minimum absolute atomic E-state index is 0.0359. The molecule has 192 valence electrons. The van der Waals surface area contributed by atoms with Gasteiger partial charge in [-0.3, -0.25) is 4.79 Å². The number of piperazine rings is 1. The SMILES string of the molecule is COC(=O)N1CCN(C(=O)Cc2ccc(Cl)c(Cl)c2)[C@@H](CN2CCCC2)C1.O=C(O)C=CC(=O)O. The molecular weight excluding hydrogens is 501 g/mol. The van der Waals surface area contributed by atoms with Gasteiger partial charge in [-0.2, -0.15) is 0 Å². The molecule has 2 amide bonds. The van der Waals surface area contributed by atoms with Crippen molar-refractivity contribution in [1.82, 2.24) is 14.7 Å². The van der Waals surface area contributed by atoms with Gasteiger partial charge in [-0.25, -0.2) is 14.4 Å². The summed E-state index contributed by atoms with van der Waals surface area (Å²) in [4.78, 5) is 50.0. The number of carbonyl (C=O) groups is 4. The Kier molecular flexibility index (Phi) is 11.3. The number of halogens is 2. The summed E-state index contributed by atoms with van der Waals surface area (Å²) in [5, 5.41) is 16.6. The Balaban J connectivity index is 0.000000466. The number of carboxylic acids is 2. The van der Waals surface area contributed by atoms with E-state index in [4.69, 9.17) is 38.2 Å². The fourth-order valence-electron chi connectivity index (χ4n) is 3.97. The van der Waals surface area contributed by atoms with Crippen LogP contribution in [0.2, 0.25) is 10.0 Å². The molecule has 0 aliphatic carbocycles. The maximum Gasteiger partial charge on any atom is 0.409 e. The smallest absolute Gasteiger partial charge is 0.409 e.